The first-order chi connectivity index (χ1) is 13.0. The van der Waals surface area contributed by atoms with Gasteiger partial charge in [-0.3, -0.25) is 4.79 Å². The van der Waals surface area contributed by atoms with Crippen LogP contribution in [-0.2, 0) is 4.79 Å². The molecule has 2 heterocycles. The highest BCUT2D eigenvalue weighted by molar-refractivity contribution is 8.03. The number of allylic oxidation sites excluding steroid dienone is 2. The smallest absolute Gasteiger partial charge is 0.255 e. The molecule has 2 aliphatic rings. The number of nitrogens with zero attached hydrogens (tertiary/aromatic N) is 1. The van der Waals surface area contributed by atoms with Crippen molar-refractivity contribution in [3.63, 3.8) is 0 Å². The summed E-state index contributed by atoms with van der Waals surface area (Å²) in [6, 6.07) is 11.5. The van der Waals surface area contributed by atoms with Crippen molar-refractivity contribution < 1.29 is 9.18 Å². The molecule has 0 fully saturated rings. The normalized spacial score (nSPS) is 16.2. The predicted molar refractivity (Wildman–Crippen MR) is 108 cm³/mol. The molecule has 3 nitrogen and oxygen atoms in total. The summed E-state index contributed by atoms with van der Waals surface area (Å²) in [5, 5.41) is 3.69. The minimum Gasteiger partial charge on any atom is -0.334 e. The Balaban J connectivity index is 1.71. The Morgan fingerprint density at radius 3 is 2.44 bits per heavy atom. The number of hydrogen-bond donors (Lipinski definition) is 1. The second kappa shape index (κ2) is 7.43. The van der Waals surface area contributed by atoms with Crippen molar-refractivity contribution in [2.75, 3.05) is 6.67 Å². The van der Waals surface area contributed by atoms with E-state index in [2.05, 4.69) is 5.32 Å². The van der Waals surface area contributed by atoms with E-state index in [1.54, 1.807) is 30.3 Å². The number of nitrogens with one attached hydrogen (secondary N) is 1. The van der Waals surface area contributed by atoms with Crippen LogP contribution in [0.15, 0.2) is 76.3 Å². The second-order valence-electron chi connectivity index (χ2n) is 5.91. The van der Waals surface area contributed by atoms with E-state index in [0.29, 0.717) is 27.9 Å². The van der Waals surface area contributed by atoms with Crippen LogP contribution in [0, 0.1) is 5.82 Å². The van der Waals surface area contributed by atoms with Crippen LogP contribution < -0.4 is 5.32 Å². The summed E-state index contributed by atoms with van der Waals surface area (Å²) in [5.74, 6) is -0.485. The summed E-state index contributed by atoms with van der Waals surface area (Å²) in [6.45, 7) is 0.345. The fraction of sp³-hybridized carbons (Fsp3) is 0.0500. The first-order valence-corrected chi connectivity index (χ1v) is 9.67. The van der Waals surface area contributed by atoms with Gasteiger partial charge in [-0.25, -0.2) is 4.39 Å². The van der Waals surface area contributed by atoms with E-state index in [1.165, 1.54) is 23.9 Å². The Labute approximate surface area is 170 Å². The van der Waals surface area contributed by atoms with Gasteiger partial charge < -0.3 is 10.2 Å². The van der Waals surface area contributed by atoms with Crippen LogP contribution in [0.5, 0.6) is 0 Å². The quantitative estimate of drug-likeness (QED) is 0.720. The lowest BCUT2D eigenvalue weighted by atomic mass is 9.99. The van der Waals surface area contributed by atoms with Crippen molar-refractivity contribution in [3.8, 4) is 0 Å². The number of rotatable bonds is 3. The van der Waals surface area contributed by atoms with Gasteiger partial charge in [-0.1, -0.05) is 41.0 Å². The maximum atomic E-state index is 13.1. The number of carbonyl (C=O) groups excluding carboxylic acids is 1. The zero-order valence-electron chi connectivity index (χ0n) is 13.9. The Kier molecular flexibility index (Phi) is 5.00. The lowest BCUT2D eigenvalue weighted by molar-refractivity contribution is -0.116. The van der Waals surface area contributed by atoms with Crippen molar-refractivity contribution in [1.82, 2.24) is 10.2 Å². The summed E-state index contributed by atoms with van der Waals surface area (Å²) in [4.78, 5) is 16.4. The van der Waals surface area contributed by atoms with Crippen molar-refractivity contribution in [3.05, 3.63) is 92.8 Å². The van der Waals surface area contributed by atoms with Crippen LogP contribution in [0.3, 0.4) is 0 Å². The van der Waals surface area contributed by atoms with E-state index in [1.807, 2.05) is 23.3 Å². The van der Waals surface area contributed by atoms with Crippen molar-refractivity contribution in [1.29, 1.82) is 0 Å². The molecule has 4 rings (SSSR count). The highest BCUT2D eigenvalue weighted by Crippen LogP contribution is 2.38. The minimum atomic E-state index is -0.266. The maximum absolute atomic E-state index is 13.1. The number of benzene rings is 2. The zero-order chi connectivity index (χ0) is 19.0. The Hall–Kier alpha value is -2.21. The highest BCUT2D eigenvalue weighted by Gasteiger charge is 2.29. The molecule has 1 N–H and O–H groups in total. The molecular weight excluding hydrogens is 406 g/mol. The van der Waals surface area contributed by atoms with E-state index in [0.717, 1.165) is 15.5 Å². The molecule has 0 unspecified atom stereocenters. The number of amides is 1. The molecule has 2 aromatic carbocycles. The van der Waals surface area contributed by atoms with E-state index < -0.39 is 0 Å². The number of fused-ring (bicyclic) bond motifs is 1. The lowest BCUT2D eigenvalue weighted by Crippen LogP contribution is -2.41. The Morgan fingerprint density at radius 2 is 1.74 bits per heavy atom. The predicted octanol–water partition coefficient (Wildman–Crippen LogP) is 5.44. The fourth-order valence-electron chi connectivity index (χ4n) is 2.92. The second-order valence-corrected chi connectivity index (χ2v) is 7.87. The van der Waals surface area contributed by atoms with Gasteiger partial charge in [0.1, 0.15) is 5.82 Å². The average Bonchev–Trinajstić information content (AvgIpc) is 2.65. The summed E-state index contributed by atoms with van der Waals surface area (Å²) < 4.78 is 13.1. The number of carbonyl (C=O) groups is 1. The molecule has 2 aromatic rings. The molecule has 0 spiro atoms. The van der Waals surface area contributed by atoms with Crippen molar-refractivity contribution in [2.45, 2.75) is 4.90 Å². The Bertz CT molecular complexity index is 995. The third-order valence-electron chi connectivity index (χ3n) is 4.15. The highest BCUT2D eigenvalue weighted by atomic mass is 35.5. The molecule has 0 radical (unpaired) electrons. The molecule has 0 bridgehead atoms. The molecule has 7 heteroatoms. The molecule has 1 amide bonds. The molecular formula is C20H13Cl2FN2OS. The molecule has 0 aliphatic carbocycles. The largest absolute Gasteiger partial charge is 0.334 e. The van der Waals surface area contributed by atoms with E-state index in [4.69, 9.17) is 23.2 Å². The van der Waals surface area contributed by atoms with Crippen molar-refractivity contribution in [2.24, 2.45) is 0 Å². The van der Waals surface area contributed by atoms with Crippen molar-refractivity contribution >= 4 is 46.4 Å². The van der Waals surface area contributed by atoms with Crippen LogP contribution in [0.1, 0.15) is 5.56 Å². The maximum Gasteiger partial charge on any atom is 0.255 e. The third kappa shape index (κ3) is 3.63. The van der Waals surface area contributed by atoms with Gasteiger partial charge in [-0.2, -0.15) is 0 Å². The number of halogens is 3. The number of hydrogen-bond acceptors (Lipinski definition) is 3. The molecule has 0 saturated heterocycles. The van der Waals surface area contributed by atoms with Gasteiger partial charge in [0.15, 0.2) is 0 Å². The Morgan fingerprint density at radius 1 is 1.04 bits per heavy atom. The van der Waals surface area contributed by atoms with Gasteiger partial charge in [-0.05, 0) is 48.6 Å². The summed E-state index contributed by atoms with van der Waals surface area (Å²) in [6.07, 6.45) is 5.73. The van der Waals surface area contributed by atoms with Crippen LogP contribution in [-0.4, -0.2) is 17.5 Å². The molecule has 0 atom stereocenters. The number of thioether (sulfide) groups is 1. The van der Waals surface area contributed by atoms with Gasteiger partial charge in [0.25, 0.3) is 5.91 Å². The summed E-state index contributed by atoms with van der Waals surface area (Å²) >= 11 is 14.1. The van der Waals surface area contributed by atoms with Gasteiger partial charge in [-0.15, -0.1) is 0 Å². The summed E-state index contributed by atoms with van der Waals surface area (Å²) in [5.41, 5.74) is 1.69. The fourth-order valence-corrected chi connectivity index (χ4v) is 4.37. The van der Waals surface area contributed by atoms with Crippen LogP contribution in [0.2, 0.25) is 10.0 Å². The van der Waals surface area contributed by atoms with Crippen LogP contribution >= 0.6 is 35.0 Å². The van der Waals surface area contributed by atoms with Gasteiger partial charge in [0.05, 0.1) is 28.0 Å². The molecule has 0 saturated carbocycles. The van der Waals surface area contributed by atoms with E-state index >= 15 is 0 Å². The standard InChI is InChI=1S/C20H13Cl2FN2OS/c21-15-2-1-3-16(22)18(15)19-17-9-8-14(10-25(17)11-24-20(19)26)27-13-6-4-12(23)5-7-13/h1-10H,11H2,(H,24,26). The van der Waals surface area contributed by atoms with Crippen LogP contribution in [0.25, 0.3) is 5.57 Å². The first kappa shape index (κ1) is 18.2. The lowest BCUT2D eigenvalue weighted by Gasteiger charge is -2.32. The van der Waals surface area contributed by atoms with Gasteiger partial charge >= 0.3 is 0 Å². The summed E-state index contributed by atoms with van der Waals surface area (Å²) in [7, 11) is 0. The van der Waals surface area contributed by atoms with Gasteiger partial charge in [0, 0.05) is 21.6 Å². The molecule has 2 aliphatic heterocycles. The SMILES string of the molecule is O=C1NCN2C=C(Sc3ccc(F)cc3)C=CC2=C1c1c(Cl)cccc1Cl. The van der Waals surface area contributed by atoms with Gasteiger partial charge in [0.2, 0.25) is 0 Å². The van der Waals surface area contributed by atoms with E-state index in [-0.39, 0.29) is 11.7 Å². The topological polar surface area (TPSA) is 32.3 Å². The van der Waals surface area contributed by atoms with E-state index in [9.17, 15) is 9.18 Å². The average molecular weight is 419 g/mol. The first-order valence-electron chi connectivity index (χ1n) is 8.10. The minimum absolute atomic E-state index is 0.219. The van der Waals surface area contributed by atoms with Crippen LogP contribution in [0.4, 0.5) is 4.39 Å². The third-order valence-corrected chi connectivity index (χ3v) is 5.77. The monoisotopic (exact) mass is 418 g/mol. The zero-order valence-corrected chi connectivity index (χ0v) is 16.2. The molecule has 27 heavy (non-hydrogen) atoms. The molecule has 136 valence electrons. The molecule has 0 aromatic heterocycles.